The molecule has 1 aromatic rings. The number of carbonyl (C=O) groups excluding carboxylic acids is 1. The molecule has 0 aliphatic carbocycles. The maximum Gasteiger partial charge on any atom is 0.155 e. The molecule has 2 bridgehead atoms. The number of carbonyl (C=O) groups is 1. The van der Waals surface area contributed by atoms with Crippen molar-refractivity contribution in [1.29, 1.82) is 0 Å². The molecule has 0 saturated carbocycles. The minimum atomic E-state index is -0.440. The molecule has 102 valence electrons. The van der Waals surface area contributed by atoms with E-state index in [4.69, 9.17) is 11.6 Å². The van der Waals surface area contributed by atoms with E-state index in [0.717, 1.165) is 38.3 Å². The van der Waals surface area contributed by atoms with Crippen LogP contribution in [0.3, 0.4) is 0 Å². The van der Waals surface area contributed by atoms with E-state index in [0.29, 0.717) is 6.42 Å². The van der Waals surface area contributed by atoms with Crippen molar-refractivity contribution in [2.45, 2.75) is 12.5 Å². The molecule has 3 aliphatic rings. The van der Waals surface area contributed by atoms with Gasteiger partial charge in [-0.25, -0.2) is 4.39 Å². The largest absolute Gasteiger partial charge is 0.299 e. The molecular weight excluding hydrogens is 267 g/mol. The van der Waals surface area contributed by atoms with Gasteiger partial charge in [-0.3, -0.25) is 14.6 Å². The van der Waals surface area contributed by atoms with Crippen LogP contribution < -0.4 is 0 Å². The Kier molecular flexibility index (Phi) is 3.56. The van der Waals surface area contributed by atoms with Gasteiger partial charge < -0.3 is 0 Å². The average Bonchev–Trinajstić information content (AvgIpc) is 2.44. The topological polar surface area (TPSA) is 23.6 Å². The van der Waals surface area contributed by atoms with E-state index < -0.39 is 5.82 Å². The number of benzene rings is 1. The van der Waals surface area contributed by atoms with Gasteiger partial charge in [0.05, 0.1) is 11.1 Å². The number of hydrogen-bond donors (Lipinski definition) is 0. The summed E-state index contributed by atoms with van der Waals surface area (Å²) in [7, 11) is 0. The van der Waals surface area contributed by atoms with Crippen molar-refractivity contribution < 1.29 is 9.18 Å². The number of ketones is 1. The van der Waals surface area contributed by atoms with Gasteiger partial charge in [0, 0.05) is 39.1 Å². The van der Waals surface area contributed by atoms with E-state index in [2.05, 4.69) is 9.80 Å². The lowest BCUT2D eigenvalue weighted by Gasteiger charge is -2.46. The zero-order valence-electron chi connectivity index (χ0n) is 10.6. The Morgan fingerprint density at radius 1 is 1.32 bits per heavy atom. The molecule has 1 atom stereocenters. The summed E-state index contributed by atoms with van der Waals surface area (Å²) in [5.41, 5.74) is 0.786. The van der Waals surface area contributed by atoms with Crippen molar-refractivity contribution >= 4 is 17.4 Å². The lowest BCUT2D eigenvalue weighted by Crippen LogP contribution is -2.63. The molecule has 19 heavy (non-hydrogen) atoms. The number of Topliss-reactive ketones (excluding diaryl/α,β-unsaturated/α-hetero) is 1. The minimum Gasteiger partial charge on any atom is -0.299 e. The van der Waals surface area contributed by atoms with Gasteiger partial charge in [-0.05, 0) is 17.7 Å². The molecule has 0 radical (unpaired) electrons. The first kappa shape index (κ1) is 13.0. The predicted molar refractivity (Wildman–Crippen MR) is 71.9 cm³/mol. The number of piperazine rings is 3. The SMILES string of the molecule is O=C(Cc1ccc(F)c(Cl)c1)C1CN2CCN1CC2. The standard InChI is InChI=1S/C14H16ClFN2O/c15-11-7-10(1-2-12(11)16)8-14(19)13-9-17-3-5-18(13)6-4-17/h1-2,7,13H,3-6,8-9H2. The number of fused-ring (bicyclic) bond motifs is 3. The van der Waals surface area contributed by atoms with Gasteiger partial charge in [0.2, 0.25) is 0 Å². The van der Waals surface area contributed by atoms with Crippen LogP contribution in [0.4, 0.5) is 4.39 Å². The van der Waals surface area contributed by atoms with E-state index in [1.54, 1.807) is 12.1 Å². The smallest absolute Gasteiger partial charge is 0.155 e. The lowest BCUT2D eigenvalue weighted by molar-refractivity contribution is -0.128. The Balaban J connectivity index is 1.69. The number of nitrogens with zero attached hydrogens (tertiary/aromatic N) is 2. The van der Waals surface area contributed by atoms with Crippen molar-refractivity contribution in [2.75, 3.05) is 32.7 Å². The molecule has 0 amide bonds. The molecule has 0 aromatic heterocycles. The van der Waals surface area contributed by atoms with Crippen molar-refractivity contribution in [3.63, 3.8) is 0 Å². The van der Waals surface area contributed by atoms with E-state index in [9.17, 15) is 9.18 Å². The van der Waals surface area contributed by atoms with Gasteiger partial charge in [-0.15, -0.1) is 0 Å². The van der Waals surface area contributed by atoms with Crippen LogP contribution in [-0.4, -0.2) is 54.3 Å². The monoisotopic (exact) mass is 282 g/mol. The van der Waals surface area contributed by atoms with Crippen LogP contribution in [0, 0.1) is 5.82 Å². The molecule has 5 heteroatoms. The fourth-order valence-corrected chi connectivity index (χ4v) is 3.09. The van der Waals surface area contributed by atoms with Crippen molar-refractivity contribution in [2.24, 2.45) is 0 Å². The van der Waals surface area contributed by atoms with Crippen LogP contribution in [-0.2, 0) is 11.2 Å². The molecule has 3 heterocycles. The van der Waals surface area contributed by atoms with Crippen molar-refractivity contribution in [1.82, 2.24) is 9.80 Å². The first-order valence-corrected chi connectivity index (χ1v) is 6.94. The Morgan fingerprint density at radius 3 is 2.63 bits per heavy atom. The third-order valence-electron chi connectivity index (χ3n) is 4.01. The summed E-state index contributed by atoms with van der Waals surface area (Å²) in [4.78, 5) is 16.9. The second kappa shape index (κ2) is 5.19. The van der Waals surface area contributed by atoms with Crippen molar-refractivity contribution in [3.05, 3.63) is 34.6 Å². The molecule has 3 aliphatic heterocycles. The summed E-state index contributed by atoms with van der Waals surface area (Å²) >= 11 is 5.74. The highest BCUT2D eigenvalue weighted by Gasteiger charge is 2.35. The summed E-state index contributed by atoms with van der Waals surface area (Å²) in [6, 6.07) is 4.50. The molecule has 0 N–H and O–H groups in total. The first-order chi connectivity index (χ1) is 9.13. The third-order valence-corrected chi connectivity index (χ3v) is 4.30. The highest BCUT2D eigenvalue weighted by Crippen LogP contribution is 2.20. The predicted octanol–water partition coefficient (Wildman–Crippen LogP) is 1.59. The zero-order valence-corrected chi connectivity index (χ0v) is 11.4. The van der Waals surface area contributed by atoms with Gasteiger partial charge >= 0.3 is 0 Å². The number of halogens is 2. The summed E-state index contributed by atoms with van der Waals surface area (Å²) in [5, 5.41) is 0.0829. The fraction of sp³-hybridized carbons (Fsp3) is 0.500. The van der Waals surface area contributed by atoms with Gasteiger partial charge in [0.25, 0.3) is 0 Å². The normalized spacial score (nSPS) is 29.5. The molecule has 1 aromatic carbocycles. The highest BCUT2D eigenvalue weighted by molar-refractivity contribution is 6.30. The Bertz CT molecular complexity index is 500. The molecule has 3 nitrogen and oxygen atoms in total. The third kappa shape index (κ3) is 2.66. The molecule has 3 saturated heterocycles. The van der Waals surface area contributed by atoms with Crippen LogP contribution in [0.2, 0.25) is 5.02 Å². The van der Waals surface area contributed by atoms with Crippen molar-refractivity contribution in [3.8, 4) is 0 Å². The summed E-state index contributed by atoms with van der Waals surface area (Å²) in [6.07, 6.45) is 0.328. The Morgan fingerprint density at radius 2 is 2.05 bits per heavy atom. The van der Waals surface area contributed by atoms with Crippen LogP contribution in [0.25, 0.3) is 0 Å². The Hall–Kier alpha value is -0.970. The average molecular weight is 283 g/mol. The second-order valence-electron chi connectivity index (χ2n) is 5.24. The lowest BCUT2D eigenvalue weighted by atomic mass is 9.98. The van der Waals surface area contributed by atoms with Gasteiger partial charge in [-0.2, -0.15) is 0 Å². The summed E-state index contributed by atoms with van der Waals surface area (Å²) < 4.78 is 13.1. The summed E-state index contributed by atoms with van der Waals surface area (Å²) in [6.45, 7) is 4.90. The van der Waals surface area contributed by atoms with Gasteiger partial charge in [0.1, 0.15) is 5.82 Å². The Labute approximate surface area is 116 Å². The minimum absolute atomic E-state index is 0.00803. The maximum atomic E-state index is 13.1. The van der Waals surface area contributed by atoms with E-state index in [-0.39, 0.29) is 16.8 Å². The quantitative estimate of drug-likeness (QED) is 0.841. The van der Waals surface area contributed by atoms with Crippen LogP contribution in [0.15, 0.2) is 18.2 Å². The second-order valence-corrected chi connectivity index (χ2v) is 5.65. The molecule has 4 rings (SSSR count). The zero-order chi connectivity index (χ0) is 13.4. The fourth-order valence-electron chi connectivity index (χ4n) is 2.89. The molecule has 1 unspecified atom stereocenters. The van der Waals surface area contributed by atoms with Crippen LogP contribution >= 0.6 is 11.6 Å². The van der Waals surface area contributed by atoms with Crippen LogP contribution in [0.5, 0.6) is 0 Å². The van der Waals surface area contributed by atoms with Crippen LogP contribution in [0.1, 0.15) is 5.56 Å². The highest BCUT2D eigenvalue weighted by atomic mass is 35.5. The van der Waals surface area contributed by atoms with E-state index in [1.165, 1.54) is 6.07 Å². The van der Waals surface area contributed by atoms with Gasteiger partial charge in [-0.1, -0.05) is 17.7 Å². The summed E-state index contributed by atoms with van der Waals surface area (Å²) in [5.74, 6) is -0.239. The maximum absolute atomic E-state index is 13.1. The first-order valence-electron chi connectivity index (χ1n) is 6.56. The molecule has 0 spiro atoms. The molecule has 3 fully saturated rings. The number of rotatable bonds is 3. The van der Waals surface area contributed by atoms with E-state index >= 15 is 0 Å². The number of hydrogen-bond acceptors (Lipinski definition) is 3. The van der Waals surface area contributed by atoms with Gasteiger partial charge in [0.15, 0.2) is 5.78 Å². The molecular formula is C14H16ClFN2O. The van der Waals surface area contributed by atoms with E-state index in [1.807, 2.05) is 0 Å².